The van der Waals surface area contributed by atoms with E-state index in [1.165, 1.54) is 40.8 Å². The minimum Gasteiger partial charge on any atom is -0.267 e. The Balaban J connectivity index is 1.69. The van der Waals surface area contributed by atoms with Crippen LogP contribution in [0.15, 0.2) is 53.6 Å². The highest BCUT2D eigenvalue weighted by atomic mass is 32.2. The topological polar surface area (TPSA) is 108 Å². The Morgan fingerprint density at radius 1 is 0.962 bits per heavy atom. The summed E-state index contributed by atoms with van der Waals surface area (Å²) >= 11 is 0. The average Bonchev–Trinajstić information content (AvgIpc) is 3.22. The van der Waals surface area contributed by atoms with E-state index in [1.807, 2.05) is 0 Å². The Morgan fingerprint density at radius 3 is 2.38 bits per heavy atom. The van der Waals surface area contributed by atoms with E-state index in [0.717, 1.165) is 12.8 Å². The van der Waals surface area contributed by atoms with Gasteiger partial charge in [0.15, 0.2) is 0 Å². The second-order valence-electron chi connectivity index (χ2n) is 5.76. The maximum absolute atomic E-state index is 12.6. The predicted molar refractivity (Wildman–Crippen MR) is 93.6 cm³/mol. The number of aromatic nitrogens is 1. The number of hydrogen-bond donors (Lipinski definition) is 2. The van der Waals surface area contributed by atoms with Gasteiger partial charge in [-0.1, -0.05) is 12.1 Å². The first-order valence-corrected chi connectivity index (χ1v) is 9.54. The number of carbonyl (C=O) groups excluding carboxylic acids is 2. The van der Waals surface area contributed by atoms with Crippen LogP contribution in [0.3, 0.4) is 0 Å². The third kappa shape index (κ3) is 3.89. The molecule has 8 nitrogen and oxygen atoms in total. The van der Waals surface area contributed by atoms with Crippen molar-refractivity contribution >= 4 is 21.8 Å². The van der Waals surface area contributed by atoms with Crippen LogP contribution in [0.25, 0.3) is 0 Å². The number of nitrogens with one attached hydrogen (secondary N) is 2. The van der Waals surface area contributed by atoms with Gasteiger partial charge >= 0.3 is 0 Å². The fraction of sp³-hybridized carbons (Fsp3) is 0.235. The molecule has 0 atom stereocenters. The molecule has 136 valence electrons. The van der Waals surface area contributed by atoms with Crippen LogP contribution in [0, 0.1) is 0 Å². The summed E-state index contributed by atoms with van der Waals surface area (Å²) in [4.78, 5) is 28.0. The first kappa shape index (κ1) is 18.0. The van der Waals surface area contributed by atoms with E-state index in [-0.39, 0.29) is 16.2 Å². The van der Waals surface area contributed by atoms with Crippen LogP contribution in [-0.4, -0.2) is 42.6 Å². The van der Waals surface area contributed by atoms with Crippen molar-refractivity contribution < 1.29 is 18.0 Å². The number of carbonyl (C=O) groups is 2. The van der Waals surface area contributed by atoms with Crippen molar-refractivity contribution in [1.82, 2.24) is 20.1 Å². The van der Waals surface area contributed by atoms with E-state index in [4.69, 9.17) is 0 Å². The van der Waals surface area contributed by atoms with Crippen molar-refractivity contribution in [2.75, 3.05) is 13.1 Å². The Bertz CT molecular complexity index is 909. The predicted octanol–water partition coefficient (Wildman–Crippen LogP) is 0.941. The molecule has 2 amide bonds. The number of hydrazine groups is 1. The molecule has 0 spiro atoms. The number of benzene rings is 1. The highest BCUT2D eigenvalue weighted by Crippen LogP contribution is 2.21. The molecule has 26 heavy (non-hydrogen) atoms. The average molecular weight is 374 g/mol. The normalized spacial score (nSPS) is 14.8. The summed E-state index contributed by atoms with van der Waals surface area (Å²) in [6.07, 6.45) is 3.13. The van der Waals surface area contributed by atoms with Crippen molar-refractivity contribution in [2.45, 2.75) is 17.7 Å². The van der Waals surface area contributed by atoms with Gasteiger partial charge in [-0.05, 0) is 43.2 Å². The number of rotatable bonds is 4. The van der Waals surface area contributed by atoms with Gasteiger partial charge in [0.2, 0.25) is 10.0 Å². The molecule has 0 unspecified atom stereocenters. The van der Waals surface area contributed by atoms with Gasteiger partial charge in [0.05, 0.1) is 4.90 Å². The summed E-state index contributed by atoms with van der Waals surface area (Å²) < 4.78 is 26.6. The number of amides is 2. The molecule has 2 aromatic rings. The minimum atomic E-state index is -3.61. The zero-order valence-corrected chi connectivity index (χ0v) is 14.7. The van der Waals surface area contributed by atoms with Crippen LogP contribution in [0.2, 0.25) is 0 Å². The lowest BCUT2D eigenvalue weighted by atomic mass is 10.2. The molecule has 0 radical (unpaired) electrons. The van der Waals surface area contributed by atoms with Crippen LogP contribution >= 0.6 is 0 Å². The Labute approximate surface area is 151 Å². The molecule has 0 saturated carbocycles. The maximum atomic E-state index is 12.6. The molecule has 1 aliphatic rings. The zero-order chi connectivity index (χ0) is 18.6. The van der Waals surface area contributed by atoms with Gasteiger partial charge in [0, 0.05) is 24.8 Å². The second-order valence-corrected chi connectivity index (χ2v) is 7.70. The fourth-order valence-corrected chi connectivity index (χ4v) is 4.19. The smallest absolute Gasteiger partial charge is 0.267 e. The lowest BCUT2D eigenvalue weighted by molar-refractivity contribution is 0.0844. The van der Waals surface area contributed by atoms with E-state index in [9.17, 15) is 18.0 Å². The van der Waals surface area contributed by atoms with Gasteiger partial charge in [-0.3, -0.25) is 25.4 Å². The molecule has 1 aliphatic heterocycles. The third-order valence-corrected chi connectivity index (χ3v) is 5.88. The van der Waals surface area contributed by atoms with Gasteiger partial charge in [0.1, 0.15) is 5.69 Å². The molecule has 0 aliphatic carbocycles. The van der Waals surface area contributed by atoms with Crippen molar-refractivity contribution in [2.24, 2.45) is 0 Å². The van der Waals surface area contributed by atoms with E-state index in [2.05, 4.69) is 15.8 Å². The van der Waals surface area contributed by atoms with Gasteiger partial charge < -0.3 is 0 Å². The number of nitrogens with zero attached hydrogens (tertiary/aromatic N) is 2. The Hall–Kier alpha value is -2.78. The lowest BCUT2D eigenvalue weighted by Crippen LogP contribution is -2.42. The largest absolute Gasteiger partial charge is 0.288 e. The second kappa shape index (κ2) is 7.63. The highest BCUT2D eigenvalue weighted by Gasteiger charge is 2.27. The monoisotopic (exact) mass is 374 g/mol. The first-order chi connectivity index (χ1) is 12.5. The third-order valence-electron chi connectivity index (χ3n) is 3.99. The summed E-state index contributed by atoms with van der Waals surface area (Å²) in [7, 11) is -3.61. The van der Waals surface area contributed by atoms with Crippen LogP contribution < -0.4 is 10.9 Å². The molecule has 2 N–H and O–H groups in total. The van der Waals surface area contributed by atoms with Gasteiger partial charge in [-0.25, -0.2) is 8.42 Å². The molecule has 1 saturated heterocycles. The summed E-state index contributed by atoms with van der Waals surface area (Å²) in [5.41, 5.74) is 4.79. The molecule has 9 heteroatoms. The Morgan fingerprint density at radius 2 is 1.69 bits per heavy atom. The molecule has 1 aromatic heterocycles. The zero-order valence-electron chi connectivity index (χ0n) is 13.9. The van der Waals surface area contributed by atoms with E-state index in [0.29, 0.717) is 13.1 Å². The molecule has 1 aromatic carbocycles. The van der Waals surface area contributed by atoms with Crippen LogP contribution in [0.1, 0.15) is 33.7 Å². The molecule has 3 rings (SSSR count). The quantitative estimate of drug-likeness (QED) is 0.775. The number of hydrogen-bond acceptors (Lipinski definition) is 5. The molecular weight excluding hydrogens is 356 g/mol. The Kier molecular flexibility index (Phi) is 5.29. The summed E-state index contributed by atoms with van der Waals surface area (Å²) in [6, 6.07) is 10.6. The van der Waals surface area contributed by atoms with E-state index in [1.54, 1.807) is 12.1 Å². The van der Waals surface area contributed by atoms with E-state index < -0.39 is 21.8 Å². The number of pyridine rings is 1. The fourth-order valence-electron chi connectivity index (χ4n) is 2.62. The van der Waals surface area contributed by atoms with E-state index >= 15 is 0 Å². The summed E-state index contributed by atoms with van der Waals surface area (Å²) in [6.45, 7) is 0.970. The van der Waals surface area contributed by atoms with Crippen molar-refractivity contribution in [1.29, 1.82) is 0 Å². The minimum absolute atomic E-state index is 0.0584. The number of sulfonamides is 1. The first-order valence-electron chi connectivity index (χ1n) is 8.10. The SMILES string of the molecule is O=C(NNC(=O)c1ccccn1)c1cccc(S(=O)(=O)N2CCCC2)c1. The van der Waals surface area contributed by atoms with Crippen LogP contribution in [-0.2, 0) is 10.0 Å². The van der Waals surface area contributed by atoms with Crippen LogP contribution in [0.4, 0.5) is 0 Å². The highest BCUT2D eigenvalue weighted by molar-refractivity contribution is 7.89. The molecule has 2 heterocycles. The molecular formula is C17H18N4O4S. The van der Waals surface area contributed by atoms with Crippen LogP contribution in [0.5, 0.6) is 0 Å². The van der Waals surface area contributed by atoms with Gasteiger partial charge in [0.25, 0.3) is 11.8 Å². The van der Waals surface area contributed by atoms with Crippen molar-refractivity contribution in [3.05, 3.63) is 59.9 Å². The van der Waals surface area contributed by atoms with Gasteiger partial charge in [-0.2, -0.15) is 4.31 Å². The van der Waals surface area contributed by atoms with Crippen molar-refractivity contribution in [3.8, 4) is 0 Å². The van der Waals surface area contributed by atoms with Crippen molar-refractivity contribution in [3.63, 3.8) is 0 Å². The molecule has 1 fully saturated rings. The van der Waals surface area contributed by atoms with Gasteiger partial charge in [-0.15, -0.1) is 0 Å². The standard InChI is InChI=1S/C17H18N4O4S/c22-16(19-20-17(23)15-8-1-2-9-18-15)13-6-5-7-14(12-13)26(24,25)21-10-3-4-11-21/h1-2,5-9,12H,3-4,10-11H2,(H,19,22)(H,20,23). The summed E-state index contributed by atoms with van der Waals surface area (Å²) in [5, 5.41) is 0. The molecule has 0 bridgehead atoms. The lowest BCUT2D eigenvalue weighted by Gasteiger charge is -2.16. The maximum Gasteiger partial charge on any atom is 0.288 e. The summed E-state index contributed by atoms with van der Waals surface area (Å²) in [5.74, 6) is -1.19.